The minimum atomic E-state index is -0.394. The average Bonchev–Trinajstić information content (AvgIpc) is 2.61. The summed E-state index contributed by atoms with van der Waals surface area (Å²) in [6.07, 6.45) is 2.50. The number of hydrogen-bond acceptors (Lipinski definition) is 3. The number of nitrogens with one attached hydrogen (secondary N) is 1. The molecule has 5 nitrogen and oxygen atoms in total. The standard InChI is InChI=1S/C21H33N3O2.ClH/c1-15(2)12-21(4,14-22)23-19(25)18-6-5-11-24(13-18)20(26)17-9-7-16(3)8-10-17;/h7-10,15,18H,5-6,11-14,22H2,1-4H3,(H,23,25);1H. The Balaban J connectivity index is 0.00000364. The molecular formula is C21H34ClN3O2. The monoisotopic (exact) mass is 395 g/mol. The van der Waals surface area contributed by atoms with Crippen LogP contribution in [-0.4, -0.2) is 41.9 Å². The molecule has 1 aliphatic heterocycles. The number of likely N-dealkylation sites (tertiary alicyclic amines) is 1. The fourth-order valence-corrected chi connectivity index (χ4v) is 3.74. The molecule has 0 aliphatic carbocycles. The van der Waals surface area contributed by atoms with E-state index in [4.69, 9.17) is 5.73 Å². The van der Waals surface area contributed by atoms with Crippen molar-refractivity contribution in [3.63, 3.8) is 0 Å². The molecule has 1 aromatic carbocycles. The van der Waals surface area contributed by atoms with E-state index in [2.05, 4.69) is 19.2 Å². The van der Waals surface area contributed by atoms with Gasteiger partial charge in [0, 0.05) is 30.7 Å². The van der Waals surface area contributed by atoms with E-state index < -0.39 is 5.54 Å². The Hall–Kier alpha value is -1.59. The van der Waals surface area contributed by atoms with Gasteiger partial charge >= 0.3 is 0 Å². The van der Waals surface area contributed by atoms with Crippen LogP contribution in [0.4, 0.5) is 0 Å². The van der Waals surface area contributed by atoms with Crippen LogP contribution in [0.5, 0.6) is 0 Å². The molecule has 0 saturated carbocycles. The first kappa shape index (κ1) is 23.4. The quantitative estimate of drug-likeness (QED) is 0.776. The van der Waals surface area contributed by atoms with Crippen molar-refractivity contribution in [2.24, 2.45) is 17.6 Å². The number of benzene rings is 1. The Morgan fingerprint density at radius 1 is 1.30 bits per heavy atom. The van der Waals surface area contributed by atoms with Gasteiger partial charge in [-0.3, -0.25) is 9.59 Å². The molecule has 2 amide bonds. The fraction of sp³-hybridized carbons (Fsp3) is 0.619. The van der Waals surface area contributed by atoms with Crippen LogP contribution >= 0.6 is 12.4 Å². The van der Waals surface area contributed by atoms with E-state index in [0.717, 1.165) is 24.8 Å². The summed E-state index contributed by atoms with van der Waals surface area (Å²) in [5.74, 6) is 0.303. The van der Waals surface area contributed by atoms with Crippen molar-refractivity contribution in [3.05, 3.63) is 35.4 Å². The zero-order valence-electron chi connectivity index (χ0n) is 17.0. The maximum absolute atomic E-state index is 12.8. The Labute approximate surface area is 169 Å². The molecule has 0 spiro atoms. The summed E-state index contributed by atoms with van der Waals surface area (Å²) in [7, 11) is 0. The van der Waals surface area contributed by atoms with Gasteiger partial charge < -0.3 is 16.0 Å². The maximum atomic E-state index is 12.8. The summed E-state index contributed by atoms with van der Waals surface area (Å²) in [5, 5.41) is 3.15. The van der Waals surface area contributed by atoms with E-state index in [0.29, 0.717) is 31.1 Å². The summed E-state index contributed by atoms with van der Waals surface area (Å²) >= 11 is 0. The van der Waals surface area contributed by atoms with Crippen LogP contribution in [-0.2, 0) is 4.79 Å². The predicted octanol–water partition coefficient (Wildman–Crippen LogP) is 3.15. The molecule has 0 bridgehead atoms. The van der Waals surface area contributed by atoms with Crippen molar-refractivity contribution in [1.29, 1.82) is 0 Å². The van der Waals surface area contributed by atoms with Crippen molar-refractivity contribution in [2.45, 2.75) is 52.5 Å². The second-order valence-electron chi connectivity index (χ2n) is 8.31. The molecule has 1 aliphatic rings. The van der Waals surface area contributed by atoms with Crippen LogP contribution < -0.4 is 11.1 Å². The number of halogens is 1. The molecule has 1 saturated heterocycles. The lowest BCUT2D eigenvalue weighted by Crippen LogP contribution is -2.55. The number of aryl methyl sites for hydroxylation is 1. The molecule has 152 valence electrons. The van der Waals surface area contributed by atoms with Crippen molar-refractivity contribution < 1.29 is 9.59 Å². The van der Waals surface area contributed by atoms with Crippen molar-refractivity contribution in [1.82, 2.24) is 10.2 Å². The first-order valence-corrected chi connectivity index (χ1v) is 9.62. The number of carbonyl (C=O) groups is 2. The number of rotatable bonds is 6. The fourth-order valence-electron chi connectivity index (χ4n) is 3.74. The predicted molar refractivity (Wildman–Crippen MR) is 112 cm³/mol. The summed E-state index contributed by atoms with van der Waals surface area (Å²) in [5.41, 5.74) is 7.34. The normalized spacial score (nSPS) is 19.2. The van der Waals surface area contributed by atoms with Gasteiger partial charge in [-0.05, 0) is 51.2 Å². The van der Waals surface area contributed by atoms with E-state index in [1.807, 2.05) is 38.1 Å². The topological polar surface area (TPSA) is 75.4 Å². The van der Waals surface area contributed by atoms with E-state index in [1.165, 1.54) is 0 Å². The van der Waals surface area contributed by atoms with Gasteiger partial charge in [0.05, 0.1) is 5.92 Å². The van der Waals surface area contributed by atoms with Crippen LogP contribution in [0.2, 0.25) is 0 Å². The molecule has 1 aromatic rings. The van der Waals surface area contributed by atoms with Gasteiger partial charge in [0.1, 0.15) is 0 Å². The van der Waals surface area contributed by atoms with Crippen LogP contribution in [0, 0.1) is 18.8 Å². The molecule has 1 heterocycles. The van der Waals surface area contributed by atoms with Crippen LogP contribution in [0.3, 0.4) is 0 Å². The number of piperidine rings is 1. The summed E-state index contributed by atoms with van der Waals surface area (Å²) < 4.78 is 0. The van der Waals surface area contributed by atoms with Crippen LogP contribution in [0.15, 0.2) is 24.3 Å². The summed E-state index contributed by atoms with van der Waals surface area (Å²) in [6.45, 7) is 9.85. The zero-order valence-corrected chi connectivity index (χ0v) is 17.8. The molecule has 2 atom stereocenters. The smallest absolute Gasteiger partial charge is 0.253 e. The third-order valence-electron chi connectivity index (χ3n) is 5.11. The lowest BCUT2D eigenvalue weighted by atomic mass is 9.89. The van der Waals surface area contributed by atoms with Crippen LogP contribution in [0.25, 0.3) is 0 Å². The molecule has 0 radical (unpaired) electrons. The van der Waals surface area contributed by atoms with Gasteiger partial charge in [0.2, 0.25) is 5.91 Å². The number of amides is 2. The molecule has 3 N–H and O–H groups in total. The van der Waals surface area contributed by atoms with Crippen molar-refractivity contribution in [3.8, 4) is 0 Å². The van der Waals surface area contributed by atoms with Gasteiger partial charge in [-0.25, -0.2) is 0 Å². The third-order valence-corrected chi connectivity index (χ3v) is 5.11. The lowest BCUT2D eigenvalue weighted by molar-refractivity contribution is -0.128. The van der Waals surface area contributed by atoms with Gasteiger partial charge in [0.15, 0.2) is 0 Å². The average molecular weight is 396 g/mol. The van der Waals surface area contributed by atoms with Gasteiger partial charge in [-0.2, -0.15) is 0 Å². The molecule has 2 rings (SSSR count). The molecule has 6 heteroatoms. The van der Waals surface area contributed by atoms with E-state index in [9.17, 15) is 9.59 Å². The molecule has 0 aromatic heterocycles. The number of hydrogen-bond donors (Lipinski definition) is 2. The van der Waals surface area contributed by atoms with Crippen molar-refractivity contribution >= 4 is 24.2 Å². The van der Waals surface area contributed by atoms with E-state index in [1.54, 1.807) is 4.90 Å². The third kappa shape index (κ3) is 6.51. The Bertz CT molecular complexity index is 633. The number of carbonyl (C=O) groups excluding carboxylic acids is 2. The first-order chi connectivity index (χ1) is 12.2. The van der Waals surface area contributed by atoms with Gasteiger partial charge in [-0.15, -0.1) is 12.4 Å². The highest BCUT2D eigenvalue weighted by Crippen LogP contribution is 2.22. The van der Waals surface area contributed by atoms with E-state index in [-0.39, 0.29) is 30.1 Å². The molecule has 1 fully saturated rings. The summed E-state index contributed by atoms with van der Waals surface area (Å²) in [6, 6.07) is 7.60. The zero-order chi connectivity index (χ0) is 19.3. The highest BCUT2D eigenvalue weighted by Gasteiger charge is 2.33. The maximum Gasteiger partial charge on any atom is 0.253 e. The second kappa shape index (κ2) is 10.1. The van der Waals surface area contributed by atoms with Gasteiger partial charge in [-0.1, -0.05) is 31.5 Å². The molecule has 27 heavy (non-hydrogen) atoms. The molecular weight excluding hydrogens is 362 g/mol. The van der Waals surface area contributed by atoms with E-state index >= 15 is 0 Å². The van der Waals surface area contributed by atoms with Crippen molar-refractivity contribution in [2.75, 3.05) is 19.6 Å². The number of nitrogens with two attached hydrogens (primary N) is 1. The van der Waals surface area contributed by atoms with Crippen LogP contribution in [0.1, 0.15) is 56.0 Å². The Kier molecular flexibility index (Phi) is 8.76. The molecule has 2 unspecified atom stereocenters. The SMILES string of the molecule is Cc1ccc(C(=O)N2CCCC(C(=O)NC(C)(CN)CC(C)C)C2)cc1.Cl. The summed E-state index contributed by atoms with van der Waals surface area (Å²) in [4.78, 5) is 27.3. The Morgan fingerprint density at radius 3 is 2.48 bits per heavy atom. The minimum Gasteiger partial charge on any atom is -0.349 e. The number of nitrogens with zero attached hydrogens (tertiary/aromatic N) is 1. The first-order valence-electron chi connectivity index (χ1n) is 9.62. The van der Waals surface area contributed by atoms with Gasteiger partial charge in [0.25, 0.3) is 5.91 Å². The lowest BCUT2D eigenvalue weighted by Gasteiger charge is -2.36. The second-order valence-corrected chi connectivity index (χ2v) is 8.31. The largest absolute Gasteiger partial charge is 0.349 e. The minimum absolute atomic E-state index is 0. The highest BCUT2D eigenvalue weighted by molar-refractivity contribution is 5.94. The Morgan fingerprint density at radius 2 is 1.93 bits per heavy atom. The highest BCUT2D eigenvalue weighted by atomic mass is 35.5.